The number of hydrogen-bond donors (Lipinski definition) is 0. The number of hydrogen-bond acceptors (Lipinski definition) is 0. The highest BCUT2D eigenvalue weighted by Crippen LogP contribution is 2.32. The molecule has 0 amide bonds. The standard InChI is InChI=1S/C22H31B/c1-16(2)20-10-9-13-23(20)15-17-14-18(21(3,4)5)11-12-19(17)22(6,7)8/h9-14H,1,15H2,2-8H3. The van der Waals surface area contributed by atoms with E-state index in [2.05, 4.69) is 91.4 Å². The van der Waals surface area contributed by atoms with Crippen molar-refractivity contribution in [1.82, 2.24) is 0 Å². The van der Waals surface area contributed by atoms with Gasteiger partial charge in [-0.3, -0.25) is 0 Å². The first-order chi connectivity index (χ1) is 10.5. The van der Waals surface area contributed by atoms with Crippen molar-refractivity contribution in [2.24, 2.45) is 0 Å². The van der Waals surface area contributed by atoms with Gasteiger partial charge in [0.25, 0.3) is 0 Å². The molecule has 0 spiro atoms. The van der Waals surface area contributed by atoms with Gasteiger partial charge in [-0.15, -0.1) is 5.98 Å². The summed E-state index contributed by atoms with van der Waals surface area (Å²) in [6.07, 6.45) is 5.46. The first-order valence-corrected chi connectivity index (χ1v) is 8.68. The molecule has 2 rings (SSSR count). The van der Waals surface area contributed by atoms with Gasteiger partial charge in [-0.05, 0) is 35.2 Å². The van der Waals surface area contributed by atoms with Crippen LogP contribution >= 0.6 is 0 Å². The quantitative estimate of drug-likeness (QED) is 0.600. The second kappa shape index (κ2) is 6.19. The average molecular weight is 306 g/mol. The molecule has 1 heteroatoms. The van der Waals surface area contributed by atoms with Crippen LogP contribution in [-0.2, 0) is 17.2 Å². The second-order valence-corrected chi connectivity index (χ2v) is 8.97. The maximum atomic E-state index is 4.15. The molecule has 0 fully saturated rings. The third-order valence-corrected chi connectivity index (χ3v) is 4.73. The molecule has 0 nitrogen and oxygen atoms in total. The highest BCUT2D eigenvalue weighted by Gasteiger charge is 2.26. The molecule has 0 atom stereocenters. The predicted molar refractivity (Wildman–Crippen MR) is 105 cm³/mol. The Morgan fingerprint density at radius 2 is 1.70 bits per heavy atom. The zero-order chi connectivity index (χ0) is 17.4. The van der Waals surface area contributed by atoms with Gasteiger partial charge >= 0.3 is 0 Å². The van der Waals surface area contributed by atoms with Crippen LogP contribution in [0.25, 0.3) is 0 Å². The molecule has 0 saturated heterocycles. The lowest BCUT2D eigenvalue weighted by atomic mass is 9.41. The second-order valence-electron chi connectivity index (χ2n) is 8.97. The van der Waals surface area contributed by atoms with Crippen LogP contribution in [0.5, 0.6) is 0 Å². The van der Waals surface area contributed by atoms with Crippen molar-refractivity contribution < 1.29 is 0 Å². The molecular formula is C22H31B. The largest absolute Gasteiger partial charge is 0.205 e. The van der Waals surface area contributed by atoms with Gasteiger partial charge < -0.3 is 0 Å². The van der Waals surface area contributed by atoms with E-state index in [4.69, 9.17) is 0 Å². The molecule has 122 valence electrons. The summed E-state index contributed by atoms with van der Waals surface area (Å²) in [6, 6.07) is 7.09. The van der Waals surface area contributed by atoms with Crippen molar-refractivity contribution in [2.75, 3.05) is 0 Å². The minimum Gasteiger partial charge on any atom is -0.110 e. The lowest BCUT2D eigenvalue weighted by Gasteiger charge is -2.28. The topological polar surface area (TPSA) is 0 Å². The first kappa shape index (κ1) is 17.9. The van der Waals surface area contributed by atoms with Crippen molar-refractivity contribution in [3.63, 3.8) is 0 Å². The highest BCUT2D eigenvalue weighted by molar-refractivity contribution is 6.73. The van der Waals surface area contributed by atoms with Gasteiger partial charge in [0.15, 0.2) is 0 Å². The molecule has 0 aliphatic carbocycles. The Bertz CT molecular complexity index is 660. The van der Waals surface area contributed by atoms with E-state index in [1.807, 2.05) is 0 Å². The minimum atomic E-state index is 0.168. The molecule has 0 N–H and O–H groups in total. The summed E-state index contributed by atoms with van der Waals surface area (Å²) in [5.74, 6) is 2.32. The Labute approximate surface area is 143 Å². The predicted octanol–water partition coefficient (Wildman–Crippen LogP) is 6.01. The molecule has 0 unspecified atom stereocenters. The normalized spacial score (nSPS) is 15.1. The van der Waals surface area contributed by atoms with Crippen LogP contribution in [-0.4, -0.2) is 6.71 Å². The molecule has 0 saturated carbocycles. The van der Waals surface area contributed by atoms with E-state index in [0.29, 0.717) is 6.71 Å². The van der Waals surface area contributed by atoms with Crippen molar-refractivity contribution >= 4 is 6.71 Å². The zero-order valence-electron chi connectivity index (χ0n) is 16.0. The maximum Gasteiger partial charge on any atom is 0.205 e. The van der Waals surface area contributed by atoms with Gasteiger partial charge in [0.05, 0.1) is 0 Å². The summed E-state index contributed by atoms with van der Waals surface area (Å²) in [6.45, 7) is 20.5. The van der Waals surface area contributed by atoms with E-state index in [1.54, 1.807) is 0 Å². The lowest BCUT2D eigenvalue weighted by Crippen LogP contribution is -2.23. The van der Waals surface area contributed by atoms with Crippen LogP contribution in [0.4, 0.5) is 0 Å². The highest BCUT2D eigenvalue weighted by atomic mass is 14.3. The third-order valence-electron chi connectivity index (χ3n) is 4.73. The lowest BCUT2D eigenvalue weighted by molar-refractivity contribution is 0.572. The van der Waals surface area contributed by atoms with Crippen LogP contribution < -0.4 is 0 Å². The summed E-state index contributed by atoms with van der Waals surface area (Å²) >= 11 is 0. The van der Waals surface area contributed by atoms with Crippen LogP contribution in [0.1, 0.15) is 65.2 Å². The Morgan fingerprint density at radius 3 is 2.22 bits per heavy atom. The fraction of sp³-hybridized carbons (Fsp3) is 0.455. The Hall–Kier alpha value is -1.50. The van der Waals surface area contributed by atoms with E-state index in [-0.39, 0.29) is 10.8 Å². The maximum absolute atomic E-state index is 4.15. The van der Waals surface area contributed by atoms with Crippen LogP contribution in [0.15, 0.2) is 54.0 Å². The van der Waals surface area contributed by atoms with E-state index in [1.165, 1.54) is 27.7 Å². The minimum absolute atomic E-state index is 0.168. The fourth-order valence-electron chi connectivity index (χ4n) is 3.36. The van der Waals surface area contributed by atoms with E-state index < -0.39 is 0 Å². The van der Waals surface area contributed by atoms with Crippen molar-refractivity contribution in [1.29, 1.82) is 0 Å². The Morgan fingerprint density at radius 1 is 1.04 bits per heavy atom. The van der Waals surface area contributed by atoms with Crippen LogP contribution in [0, 0.1) is 0 Å². The summed E-state index contributed by atoms with van der Waals surface area (Å²) in [5, 5.41) is 0. The summed E-state index contributed by atoms with van der Waals surface area (Å²) in [4.78, 5) is 0. The number of benzene rings is 1. The smallest absolute Gasteiger partial charge is 0.110 e. The Kier molecular flexibility index (Phi) is 4.80. The van der Waals surface area contributed by atoms with E-state index in [0.717, 1.165) is 6.32 Å². The summed E-state index contributed by atoms with van der Waals surface area (Å²) < 4.78 is 0. The van der Waals surface area contributed by atoms with Crippen molar-refractivity contribution in [2.45, 2.75) is 65.6 Å². The summed E-state index contributed by atoms with van der Waals surface area (Å²) in [7, 11) is 0. The molecular weight excluding hydrogens is 275 g/mol. The van der Waals surface area contributed by atoms with Gasteiger partial charge in [0.1, 0.15) is 0 Å². The molecule has 0 radical (unpaired) electrons. The first-order valence-electron chi connectivity index (χ1n) is 8.68. The molecule has 0 aromatic heterocycles. The molecule has 1 aliphatic heterocycles. The molecule has 1 aromatic rings. The molecule has 1 heterocycles. The number of rotatable bonds is 3. The number of allylic oxidation sites excluding steroid dienone is 4. The Balaban J connectivity index is 2.44. The fourth-order valence-corrected chi connectivity index (χ4v) is 3.36. The molecule has 0 bridgehead atoms. The van der Waals surface area contributed by atoms with Gasteiger partial charge in [-0.1, -0.05) is 95.1 Å². The zero-order valence-corrected chi connectivity index (χ0v) is 16.0. The van der Waals surface area contributed by atoms with Crippen molar-refractivity contribution in [3.8, 4) is 0 Å². The average Bonchev–Trinajstić information content (AvgIpc) is 2.84. The molecule has 1 aliphatic rings. The van der Waals surface area contributed by atoms with Gasteiger partial charge in [-0.25, -0.2) is 0 Å². The van der Waals surface area contributed by atoms with Crippen molar-refractivity contribution in [3.05, 3.63) is 70.6 Å². The van der Waals surface area contributed by atoms with Crippen LogP contribution in [0.2, 0.25) is 0 Å². The summed E-state index contributed by atoms with van der Waals surface area (Å²) in [5.41, 5.74) is 7.28. The van der Waals surface area contributed by atoms with Crippen LogP contribution in [0.3, 0.4) is 0 Å². The monoisotopic (exact) mass is 306 g/mol. The van der Waals surface area contributed by atoms with Gasteiger partial charge in [-0.2, -0.15) is 0 Å². The molecule has 1 aromatic carbocycles. The SMILES string of the molecule is C=C(C)C1=CC=CB1Cc1cc(C(C)(C)C)ccc1C(C)(C)C. The van der Waals surface area contributed by atoms with E-state index >= 15 is 0 Å². The third kappa shape index (κ3) is 4.08. The van der Waals surface area contributed by atoms with Gasteiger partial charge in [0.2, 0.25) is 6.71 Å². The van der Waals surface area contributed by atoms with Gasteiger partial charge in [0, 0.05) is 0 Å². The van der Waals surface area contributed by atoms with E-state index in [9.17, 15) is 0 Å². The molecule has 23 heavy (non-hydrogen) atoms.